The van der Waals surface area contributed by atoms with Gasteiger partial charge in [0.15, 0.2) is 0 Å². The summed E-state index contributed by atoms with van der Waals surface area (Å²) in [5.41, 5.74) is 4.89. The van der Waals surface area contributed by atoms with Crippen molar-refractivity contribution in [3.05, 3.63) is 77.6 Å². The van der Waals surface area contributed by atoms with E-state index in [1.807, 2.05) is 49.5 Å². The Hall–Kier alpha value is -4.20. The van der Waals surface area contributed by atoms with Crippen LogP contribution < -0.4 is 14.8 Å². The number of amides is 1. The average molecular weight is 454 g/mol. The van der Waals surface area contributed by atoms with Crippen LogP contribution >= 0.6 is 0 Å². The highest BCUT2D eigenvalue weighted by molar-refractivity contribution is 5.93. The third-order valence-corrected chi connectivity index (χ3v) is 6.22. The number of pyridine rings is 2. The van der Waals surface area contributed by atoms with Gasteiger partial charge in [0.05, 0.1) is 18.2 Å². The van der Waals surface area contributed by atoms with Gasteiger partial charge in [-0.05, 0) is 61.7 Å². The van der Waals surface area contributed by atoms with Crippen molar-refractivity contribution in [2.24, 2.45) is 0 Å². The molecule has 5 heterocycles. The van der Waals surface area contributed by atoms with Crippen LogP contribution in [-0.2, 0) is 17.6 Å². The number of nitrogens with zero attached hydrogens (tertiary/aromatic N) is 3. The standard InChI is InChI=1S/C26H23N5O3/c1-15-10-16(6-8-27-15)21-13-29-25(30-21)18-11-17-12-19(2-4-22(17)33-14-18)34-23-7-9-28-26-20(23)3-5-24(32)31-26/h2,4,6-10,12-13,18H,3,5,11,14H2,1H3,(H,29,30)(H,28,31,32)/t18-/m0/s1. The molecule has 4 aromatic rings. The Morgan fingerprint density at radius 1 is 1.09 bits per heavy atom. The number of ether oxygens (including phenoxy) is 2. The molecule has 1 aromatic carbocycles. The second-order valence-corrected chi connectivity index (χ2v) is 8.62. The molecule has 0 radical (unpaired) electrons. The van der Waals surface area contributed by atoms with Crippen LogP contribution in [0, 0.1) is 6.92 Å². The van der Waals surface area contributed by atoms with Gasteiger partial charge in [-0.1, -0.05) is 0 Å². The van der Waals surface area contributed by atoms with Crippen molar-refractivity contribution in [3.63, 3.8) is 0 Å². The van der Waals surface area contributed by atoms with Crippen LogP contribution in [0.4, 0.5) is 5.82 Å². The first-order valence-electron chi connectivity index (χ1n) is 11.3. The summed E-state index contributed by atoms with van der Waals surface area (Å²) in [7, 11) is 0. The van der Waals surface area contributed by atoms with Gasteiger partial charge in [0, 0.05) is 41.8 Å². The van der Waals surface area contributed by atoms with Gasteiger partial charge in [-0.3, -0.25) is 9.78 Å². The minimum absolute atomic E-state index is 0.0192. The molecule has 8 heteroatoms. The Bertz CT molecular complexity index is 1400. The fourth-order valence-electron chi connectivity index (χ4n) is 4.49. The average Bonchev–Trinajstić information content (AvgIpc) is 3.34. The zero-order valence-corrected chi connectivity index (χ0v) is 18.7. The van der Waals surface area contributed by atoms with Crippen LogP contribution in [0.3, 0.4) is 0 Å². The first-order chi connectivity index (χ1) is 16.6. The summed E-state index contributed by atoms with van der Waals surface area (Å²) >= 11 is 0. The van der Waals surface area contributed by atoms with E-state index in [1.54, 1.807) is 12.4 Å². The van der Waals surface area contributed by atoms with Crippen LogP contribution in [0.1, 0.15) is 35.0 Å². The fourth-order valence-corrected chi connectivity index (χ4v) is 4.49. The predicted molar refractivity (Wildman–Crippen MR) is 126 cm³/mol. The first-order valence-corrected chi connectivity index (χ1v) is 11.3. The van der Waals surface area contributed by atoms with Gasteiger partial charge >= 0.3 is 0 Å². The number of H-pyrrole nitrogens is 1. The van der Waals surface area contributed by atoms with Gasteiger partial charge in [-0.25, -0.2) is 9.97 Å². The molecule has 34 heavy (non-hydrogen) atoms. The van der Waals surface area contributed by atoms with E-state index in [9.17, 15) is 4.79 Å². The maximum Gasteiger partial charge on any atom is 0.225 e. The highest BCUT2D eigenvalue weighted by Gasteiger charge is 2.25. The number of carbonyl (C=O) groups excluding carboxylic acids is 1. The second kappa shape index (κ2) is 8.30. The number of carbonyl (C=O) groups is 1. The summed E-state index contributed by atoms with van der Waals surface area (Å²) in [5, 5.41) is 2.81. The highest BCUT2D eigenvalue weighted by Crippen LogP contribution is 2.37. The van der Waals surface area contributed by atoms with E-state index in [4.69, 9.17) is 14.5 Å². The van der Waals surface area contributed by atoms with Crippen molar-refractivity contribution >= 4 is 11.7 Å². The summed E-state index contributed by atoms with van der Waals surface area (Å²) in [4.78, 5) is 28.4. The molecule has 0 bridgehead atoms. The Balaban J connectivity index is 1.22. The van der Waals surface area contributed by atoms with Gasteiger partial charge in [0.25, 0.3) is 0 Å². The second-order valence-electron chi connectivity index (χ2n) is 8.62. The van der Waals surface area contributed by atoms with E-state index in [1.165, 1.54) is 0 Å². The Kier molecular flexibility index (Phi) is 4.98. The molecular weight excluding hydrogens is 430 g/mol. The molecule has 1 amide bonds. The van der Waals surface area contributed by atoms with Crippen molar-refractivity contribution in [1.29, 1.82) is 0 Å². The van der Waals surface area contributed by atoms with Gasteiger partial charge in [-0.15, -0.1) is 0 Å². The molecular formula is C26H23N5O3. The molecule has 0 fully saturated rings. The molecule has 0 aliphatic carbocycles. The van der Waals surface area contributed by atoms with E-state index in [2.05, 4.69) is 20.3 Å². The number of fused-ring (bicyclic) bond motifs is 2. The lowest BCUT2D eigenvalue weighted by Crippen LogP contribution is -2.20. The minimum atomic E-state index is -0.0192. The summed E-state index contributed by atoms with van der Waals surface area (Å²) in [6, 6.07) is 11.7. The van der Waals surface area contributed by atoms with E-state index < -0.39 is 0 Å². The molecule has 0 spiro atoms. The van der Waals surface area contributed by atoms with Crippen molar-refractivity contribution in [1.82, 2.24) is 19.9 Å². The Morgan fingerprint density at radius 3 is 2.91 bits per heavy atom. The number of benzene rings is 1. The summed E-state index contributed by atoms with van der Waals surface area (Å²) in [5.74, 6) is 3.87. The lowest BCUT2D eigenvalue weighted by atomic mass is 9.96. The molecule has 1 atom stereocenters. The summed E-state index contributed by atoms with van der Waals surface area (Å²) < 4.78 is 12.3. The SMILES string of the molecule is Cc1cc(-c2c[nH]c([C@@H]3COc4ccc(Oc5ccnc6c5CCC(=O)N6)cc4C3)n2)ccn1. The number of aromatic amines is 1. The van der Waals surface area contributed by atoms with Crippen molar-refractivity contribution in [2.45, 2.75) is 32.1 Å². The number of nitrogens with one attached hydrogen (secondary N) is 2. The minimum Gasteiger partial charge on any atom is -0.493 e. The predicted octanol–water partition coefficient (Wildman–Crippen LogP) is 4.57. The summed E-state index contributed by atoms with van der Waals surface area (Å²) in [6.45, 7) is 2.54. The maximum atomic E-state index is 11.7. The molecule has 0 unspecified atom stereocenters. The molecule has 2 N–H and O–H groups in total. The Labute approximate surface area is 196 Å². The Morgan fingerprint density at radius 2 is 2.00 bits per heavy atom. The van der Waals surface area contributed by atoms with Gasteiger partial charge in [-0.2, -0.15) is 0 Å². The first kappa shape index (κ1) is 20.4. The monoisotopic (exact) mass is 453 g/mol. The van der Waals surface area contributed by atoms with Crippen LogP contribution in [0.5, 0.6) is 17.2 Å². The van der Waals surface area contributed by atoms with Gasteiger partial charge < -0.3 is 19.8 Å². The molecule has 2 aliphatic heterocycles. The molecule has 0 saturated heterocycles. The van der Waals surface area contributed by atoms with Gasteiger partial charge in [0.1, 0.15) is 28.9 Å². The topological polar surface area (TPSA) is 102 Å². The number of imidazole rings is 1. The zero-order chi connectivity index (χ0) is 23.1. The lowest BCUT2D eigenvalue weighted by Gasteiger charge is -2.25. The summed E-state index contributed by atoms with van der Waals surface area (Å²) in [6.07, 6.45) is 7.21. The van der Waals surface area contributed by atoms with Crippen molar-refractivity contribution in [2.75, 3.05) is 11.9 Å². The van der Waals surface area contributed by atoms with Crippen LogP contribution in [-0.4, -0.2) is 32.4 Å². The number of hydrogen-bond donors (Lipinski definition) is 2. The number of hydrogen-bond acceptors (Lipinski definition) is 6. The number of anilines is 1. The van der Waals surface area contributed by atoms with Gasteiger partial charge in [0.2, 0.25) is 5.91 Å². The number of aryl methyl sites for hydroxylation is 1. The van der Waals surface area contributed by atoms with Crippen LogP contribution in [0.25, 0.3) is 11.3 Å². The number of aromatic nitrogens is 4. The third kappa shape index (κ3) is 3.87. The van der Waals surface area contributed by atoms with Crippen LogP contribution in [0.15, 0.2) is 55.0 Å². The molecule has 2 aliphatic rings. The molecule has 8 nitrogen and oxygen atoms in total. The third-order valence-electron chi connectivity index (χ3n) is 6.22. The maximum absolute atomic E-state index is 11.7. The van der Waals surface area contributed by atoms with E-state index in [0.717, 1.165) is 51.8 Å². The van der Waals surface area contributed by atoms with E-state index >= 15 is 0 Å². The van der Waals surface area contributed by atoms with Crippen molar-refractivity contribution < 1.29 is 14.3 Å². The molecule has 170 valence electrons. The van der Waals surface area contributed by atoms with Crippen LogP contribution in [0.2, 0.25) is 0 Å². The quantitative estimate of drug-likeness (QED) is 0.469. The molecule has 6 rings (SSSR count). The smallest absolute Gasteiger partial charge is 0.225 e. The number of rotatable bonds is 4. The van der Waals surface area contributed by atoms with E-state index in [0.29, 0.717) is 31.0 Å². The van der Waals surface area contributed by atoms with E-state index in [-0.39, 0.29) is 11.8 Å². The molecule has 0 saturated carbocycles. The molecule has 3 aromatic heterocycles. The lowest BCUT2D eigenvalue weighted by molar-refractivity contribution is -0.116. The highest BCUT2D eigenvalue weighted by atomic mass is 16.5. The van der Waals surface area contributed by atoms with Crippen molar-refractivity contribution in [3.8, 4) is 28.5 Å². The largest absolute Gasteiger partial charge is 0.493 e. The zero-order valence-electron chi connectivity index (χ0n) is 18.7. The normalized spacial score (nSPS) is 16.7. The fraction of sp³-hybridized carbons (Fsp3) is 0.231.